The van der Waals surface area contributed by atoms with Gasteiger partial charge in [0.05, 0.1) is 11.6 Å². The fourth-order valence-electron chi connectivity index (χ4n) is 3.73. The minimum atomic E-state index is 0.0150. The van der Waals surface area contributed by atoms with Gasteiger partial charge in [-0.1, -0.05) is 24.3 Å². The molecule has 1 fully saturated rings. The van der Waals surface area contributed by atoms with Gasteiger partial charge in [0.25, 0.3) is 0 Å². The first kappa shape index (κ1) is 16.4. The van der Waals surface area contributed by atoms with E-state index in [0.29, 0.717) is 18.7 Å². The molecule has 1 saturated heterocycles. The van der Waals surface area contributed by atoms with E-state index >= 15 is 0 Å². The van der Waals surface area contributed by atoms with Gasteiger partial charge in [-0.3, -0.25) is 0 Å². The smallest absolute Gasteiger partial charge is 0.317 e. The van der Waals surface area contributed by atoms with Crippen LogP contribution in [0.15, 0.2) is 42.6 Å². The molecule has 1 aliphatic heterocycles. The topological polar surface area (TPSA) is 72.3 Å². The van der Waals surface area contributed by atoms with Crippen LogP contribution in [0.25, 0.3) is 0 Å². The Bertz CT molecular complexity index is 826. The molecule has 2 amide bonds. The van der Waals surface area contributed by atoms with Gasteiger partial charge >= 0.3 is 6.03 Å². The van der Waals surface area contributed by atoms with Gasteiger partial charge < -0.3 is 15.1 Å². The summed E-state index contributed by atoms with van der Waals surface area (Å²) >= 11 is 0. The average Bonchev–Trinajstić information content (AvgIpc) is 3.10. The van der Waals surface area contributed by atoms with Gasteiger partial charge in [0.1, 0.15) is 5.82 Å². The Morgan fingerprint density at radius 1 is 1.12 bits per heavy atom. The lowest BCUT2D eigenvalue weighted by molar-refractivity contribution is 0.190. The number of pyridine rings is 1. The summed E-state index contributed by atoms with van der Waals surface area (Å²) in [4.78, 5) is 20.9. The molecule has 132 valence electrons. The molecule has 0 unspecified atom stereocenters. The lowest BCUT2D eigenvalue weighted by Gasteiger charge is -2.35. The Kier molecular flexibility index (Phi) is 4.44. The minimum Gasteiger partial charge on any atom is -0.353 e. The number of piperazine rings is 1. The number of benzene rings is 1. The summed E-state index contributed by atoms with van der Waals surface area (Å²) in [5.41, 5.74) is 3.29. The van der Waals surface area contributed by atoms with Gasteiger partial charge in [-0.25, -0.2) is 9.78 Å². The molecule has 2 heterocycles. The third-order valence-corrected chi connectivity index (χ3v) is 5.14. The molecule has 6 heteroatoms. The second kappa shape index (κ2) is 7.04. The predicted octanol–water partition coefficient (Wildman–Crippen LogP) is 1.95. The van der Waals surface area contributed by atoms with Crippen LogP contribution in [0, 0.1) is 11.3 Å². The SMILES string of the molecule is N#Cc1ccnc(N2CCN(C(=O)NC3Cc4ccccc4C3)CC2)c1. The van der Waals surface area contributed by atoms with Crippen LogP contribution >= 0.6 is 0 Å². The second-order valence-corrected chi connectivity index (χ2v) is 6.81. The summed E-state index contributed by atoms with van der Waals surface area (Å²) < 4.78 is 0. The number of hydrogen-bond acceptors (Lipinski definition) is 4. The van der Waals surface area contributed by atoms with Gasteiger partial charge in [-0.05, 0) is 36.1 Å². The highest BCUT2D eigenvalue weighted by atomic mass is 16.2. The molecule has 0 atom stereocenters. The first-order valence-electron chi connectivity index (χ1n) is 8.96. The number of hydrogen-bond donors (Lipinski definition) is 1. The zero-order valence-electron chi connectivity index (χ0n) is 14.6. The van der Waals surface area contributed by atoms with E-state index in [2.05, 4.69) is 45.5 Å². The van der Waals surface area contributed by atoms with Crippen LogP contribution < -0.4 is 10.2 Å². The normalized spacial score (nSPS) is 16.9. The number of aromatic nitrogens is 1. The molecule has 4 rings (SSSR count). The summed E-state index contributed by atoms with van der Waals surface area (Å²) in [5.74, 6) is 0.801. The van der Waals surface area contributed by atoms with Crippen LogP contribution in [0.4, 0.5) is 10.6 Å². The molecule has 0 radical (unpaired) electrons. The molecule has 1 aromatic heterocycles. The van der Waals surface area contributed by atoms with Crippen molar-refractivity contribution < 1.29 is 4.79 Å². The van der Waals surface area contributed by atoms with Gasteiger partial charge in [0.2, 0.25) is 0 Å². The second-order valence-electron chi connectivity index (χ2n) is 6.81. The summed E-state index contributed by atoms with van der Waals surface area (Å²) in [6.45, 7) is 2.76. The van der Waals surface area contributed by atoms with Crippen molar-refractivity contribution in [3.8, 4) is 6.07 Å². The largest absolute Gasteiger partial charge is 0.353 e. The number of nitriles is 1. The van der Waals surface area contributed by atoms with Crippen LogP contribution in [0.3, 0.4) is 0 Å². The van der Waals surface area contributed by atoms with Crippen molar-refractivity contribution in [2.45, 2.75) is 18.9 Å². The zero-order chi connectivity index (χ0) is 17.9. The maximum absolute atomic E-state index is 12.6. The number of urea groups is 1. The molecule has 0 saturated carbocycles. The van der Waals surface area contributed by atoms with E-state index in [0.717, 1.165) is 31.7 Å². The summed E-state index contributed by atoms with van der Waals surface area (Å²) in [5, 5.41) is 12.2. The van der Waals surface area contributed by atoms with Gasteiger partial charge in [0, 0.05) is 38.4 Å². The molecule has 0 bridgehead atoms. The lowest BCUT2D eigenvalue weighted by Crippen LogP contribution is -2.53. The quantitative estimate of drug-likeness (QED) is 0.901. The summed E-state index contributed by atoms with van der Waals surface area (Å²) in [7, 11) is 0. The highest BCUT2D eigenvalue weighted by Crippen LogP contribution is 2.22. The molecule has 1 aliphatic carbocycles. The van der Waals surface area contributed by atoms with Crippen molar-refractivity contribution in [3.05, 3.63) is 59.3 Å². The van der Waals surface area contributed by atoms with Gasteiger partial charge in [-0.2, -0.15) is 5.26 Å². The van der Waals surface area contributed by atoms with E-state index in [1.807, 2.05) is 4.90 Å². The highest BCUT2D eigenvalue weighted by molar-refractivity contribution is 5.75. The standard InChI is InChI=1S/C20H21N5O/c21-14-15-5-6-22-19(11-15)24-7-9-25(10-8-24)20(26)23-18-12-16-3-1-2-4-17(16)13-18/h1-6,11,18H,7-10,12-13H2,(H,23,26). The molecule has 2 aromatic rings. The average molecular weight is 347 g/mol. The Morgan fingerprint density at radius 3 is 2.46 bits per heavy atom. The number of nitrogens with one attached hydrogen (secondary N) is 1. The molecule has 1 aromatic carbocycles. The van der Waals surface area contributed by atoms with Crippen LogP contribution in [-0.4, -0.2) is 48.1 Å². The fourth-order valence-corrected chi connectivity index (χ4v) is 3.73. The van der Waals surface area contributed by atoms with E-state index in [1.54, 1.807) is 18.3 Å². The molecule has 26 heavy (non-hydrogen) atoms. The number of amides is 2. The monoisotopic (exact) mass is 347 g/mol. The number of carbonyl (C=O) groups excluding carboxylic acids is 1. The van der Waals surface area contributed by atoms with E-state index in [-0.39, 0.29) is 12.1 Å². The molecule has 0 spiro atoms. The molecule has 2 aliphatic rings. The number of carbonyl (C=O) groups is 1. The highest BCUT2D eigenvalue weighted by Gasteiger charge is 2.26. The van der Waals surface area contributed by atoms with Crippen LogP contribution in [0.5, 0.6) is 0 Å². The first-order chi connectivity index (χ1) is 12.7. The number of anilines is 1. The maximum Gasteiger partial charge on any atom is 0.317 e. The van der Waals surface area contributed by atoms with Crippen molar-refractivity contribution in [3.63, 3.8) is 0 Å². The van der Waals surface area contributed by atoms with Crippen molar-refractivity contribution in [2.75, 3.05) is 31.1 Å². The molecule has 1 N–H and O–H groups in total. The predicted molar refractivity (Wildman–Crippen MR) is 98.9 cm³/mol. The molecular formula is C20H21N5O. The zero-order valence-corrected chi connectivity index (χ0v) is 14.6. The molecule has 6 nitrogen and oxygen atoms in total. The van der Waals surface area contributed by atoms with Crippen LogP contribution in [0.1, 0.15) is 16.7 Å². The van der Waals surface area contributed by atoms with Crippen molar-refractivity contribution in [1.29, 1.82) is 5.26 Å². The number of nitrogens with zero attached hydrogens (tertiary/aromatic N) is 4. The summed E-state index contributed by atoms with van der Waals surface area (Å²) in [6.07, 6.45) is 3.48. The van der Waals surface area contributed by atoms with E-state index in [4.69, 9.17) is 5.26 Å². The number of fused-ring (bicyclic) bond motifs is 1. The Balaban J connectivity index is 1.31. The van der Waals surface area contributed by atoms with Crippen molar-refractivity contribution in [1.82, 2.24) is 15.2 Å². The number of rotatable bonds is 2. The molecular weight excluding hydrogens is 326 g/mol. The maximum atomic E-state index is 12.6. The van der Waals surface area contributed by atoms with Crippen LogP contribution in [-0.2, 0) is 12.8 Å². The fraction of sp³-hybridized carbons (Fsp3) is 0.350. The Labute approximate surface area is 153 Å². The Morgan fingerprint density at radius 2 is 1.81 bits per heavy atom. The first-order valence-corrected chi connectivity index (χ1v) is 8.96. The van der Waals surface area contributed by atoms with E-state index in [1.165, 1.54) is 11.1 Å². The lowest BCUT2D eigenvalue weighted by atomic mass is 10.1. The van der Waals surface area contributed by atoms with Crippen molar-refractivity contribution in [2.24, 2.45) is 0 Å². The minimum absolute atomic E-state index is 0.0150. The van der Waals surface area contributed by atoms with Gasteiger partial charge in [-0.15, -0.1) is 0 Å². The van der Waals surface area contributed by atoms with Crippen molar-refractivity contribution >= 4 is 11.8 Å². The third kappa shape index (κ3) is 3.33. The van der Waals surface area contributed by atoms with E-state index in [9.17, 15) is 4.79 Å². The third-order valence-electron chi connectivity index (χ3n) is 5.14. The van der Waals surface area contributed by atoms with Gasteiger partial charge in [0.15, 0.2) is 0 Å². The summed E-state index contributed by atoms with van der Waals surface area (Å²) in [6, 6.07) is 14.2. The van der Waals surface area contributed by atoms with Crippen LogP contribution in [0.2, 0.25) is 0 Å². The van der Waals surface area contributed by atoms with E-state index < -0.39 is 0 Å². The Hall–Kier alpha value is -3.07.